The fourth-order valence-electron chi connectivity index (χ4n) is 1.55. The lowest BCUT2D eigenvalue weighted by molar-refractivity contribution is -0.129. The maximum atomic E-state index is 11.3. The first-order valence-corrected chi connectivity index (χ1v) is 5.92. The molecule has 3 N–H and O–H groups in total. The van der Waals surface area contributed by atoms with E-state index in [1.807, 2.05) is 6.92 Å². The molecule has 19 heavy (non-hydrogen) atoms. The Bertz CT molecular complexity index is 571. The zero-order valence-electron chi connectivity index (χ0n) is 10.1. The first-order valence-electron chi connectivity index (χ1n) is 5.54. The van der Waals surface area contributed by atoms with E-state index in [1.165, 1.54) is 0 Å². The summed E-state index contributed by atoms with van der Waals surface area (Å²) in [6, 6.07) is 3.91. The van der Waals surface area contributed by atoms with E-state index < -0.39 is 17.9 Å². The molecule has 2 amide bonds. The first kappa shape index (κ1) is 13.5. The van der Waals surface area contributed by atoms with Crippen molar-refractivity contribution in [2.45, 2.75) is 13.0 Å². The maximum Gasteiger partial charge on any atom is 0.274 e. The average Bonchev–Trinajstić information content (AvgIpc) is 2.34. The van der Waals surface area contributed by atoms with Gasteiger partial charge in [0.05, 0.1) is 0 Å². The van der Waals surface area contributed by atoms with Crippen LogP contribution in [0.15, 0.2) is 23.2 Å². The Morgan fingerprint density at radius 1 is 1.47 bits per heavy atom. The number of halogens is 1. The Balaban J connectivity index is 2.05. The zero-order valence-corrected chi connectivity index (χ0v) is 10.9. The molecule has 0 saturated heterocycles. The van der Waals surface area contributed by atoms with Crippen LogP contribution in [0.3, 0.4) is 0 Å². The summed E-state index contributed by atoms with van der Waals surface area (Å²) in [7, 11) is 0. The molecule has 0 bridgehead atoms. The molecule has 1 atom stereocenters. The molecule has 1 aliphatic rings. The second kappa shape index (κ2) is 5.38. The highest BCUT2D eigenvalue weighted by atomic mass is 35.5. The van der Waals surface area contributed by atoms with E-state index in [2.05, 4.69) is 10.3 Å². The topological polar surface area (TPSA) is 93.8 Å². The summed E-state index contributed by atoms with van der Waals surface area (Å²) in [4.78, 5) is 26.3. The number of nitrogens with one attached hydrogen (secondary N) is 1. The molecule has 1 aromatic carbocycles. The van der Waals surface area contributed by atoms with Crippen molar-refractivity contribution in [1.29, 1.82) is 0 Å². The molecular formula is C12H12ClN3O3. The van der Waals surface area contributed by atoms with Gasteiger partial charge in [-0.15, -0.1) is 0 Å². The standard InChI is InChI=1S/C12H12ClN3O3/c1-6-4-7(13)2-3-8(6)19-5-9-15-11(17)10(14)12(18)16-9/h2-4,10H,5,14H2,1H3,(H,15,16,17,18). The quantitative estimate of drug-likeness (QED) is 0.785. The van der Waals surface area contributed by atoms with Crippen molar-refractivity contribution in [2.24, 2.45) is 10.7 Å². The summed E-state index contributed by atoms with van der Waals surface area (Å²) in [6.07, 6.45) is 0. The Kier molecular flexibility index (Phi) is 3.82. The van der Waals surface area contributed by atoms with Gasteiger partial charge in [-0.2, -0.15) is 4.99 Å². The molecule has 0 spiro atoms. The second-order valence-electron chi connectivity index (χ2n) is 4.06. The molecule has 1 unspecified atom stereocenters. The van der Waals surface area contributed by atoms with Crippen molar-refractivity contribution in [2.75, 3.05) is 6.61 Å². The van der Waals surface area contributed by atoms with Gasteiger partial charge < -0.3 is 15.8 Å². The number of hydrogen-bond acceptors (Lipinski definition) is 4. The molecule has 2 rings (SSSR count). The minimum atomic E-state index is -1.24. The normalized spacial score (nSPS) is 18.9. The first-order chi connectivity index (χ1) is 8.97. The number of hydrogen-bond donors (Lipinski definition) is 2. The molecule has 1 aliphatic heterocycles. The van der Waals surface area contributed by atoms with Crippen LogP contribution in [-0.4, -0.2) is 30.3 Å². The number of amidine groups is 1. The third kappa shape index (κ3) is 3.10. The predicted octanol–water partition coefficient (Wildman–Crippen LogP) is 0.409. The van der Waals surface area contributed by atoms with E-state index in [4.69, 9.17) is 22.1 Å². The van der Waals surface area contributed by atoms with Crippen LogP contribution in [0.25, 0.3) is 0 Å². The lowest BCUT2D eigenvalue weighted by Gasteiger charge is -2.17. The highest BCUT2D eigenvalue weighted by Gasteiger charge is 2.28. The fourth-order valence-corrected chi connectivity index (χ4v) is 1.78. The van der Waals surface area contributed by atoms with Crippen LogP contribution >= 0.6 is 11.6 Å². The molecule has 6 nitrogen and oxygen atoms in total. The van der Waals surface area contributed by atoms with Gasteiger partial charge in [0, 0.05) is 5.02 Å². The van der Waals surface area contributed by atoms with Gasteiger partial charge in [0.25, 0.3) is 11.8 Å². The van der Waals surface area contributed by atoms with Gasteiger partial charge in [-0.25, -0.2) is 0 Å². The third-order valence-corrected chi connectivity index (χ3v) is 2.80. The maximum absolute atomic E-state index is 11.3. The number of carbonyl (C=O) groups excluding carboxylic acids is 2. The van der Waals surface area contributed by atoms with Gasteiger partial charge in [0.15, 0.2) is 11.9 Å². The zero-order chi connectivity index (χ0) is 14.0. The number of rotatable bonds is 3. The predicted molar refractivity (Wildman–Crippen MR) is 70.2 cm³/mol. The molecule has 100 valence electrons. The van der Waals surface area contributed by atoms with E-state index in [1.54, 1.807) is 18.2 Å². The van der Waals surface area contributed by atoms with Crippen LogP contribution in [0, 0.1) is 6.92 Å². The van der Waals surface area contributed by atoms with Crippen molar-refractivity contribution in [3.63, 3.8) is 0 Å². The van der Waals surface area contributed by atoms with Gasteiger partial charge in [-0.1, -0.05) is 11.6 Å². The van der Waals surface area contributed by atoms with E-state index in [0.717, 1.165) is 5.56 Å². The summed E-state index contributed by atoms with van der Waals surface area (Å²) < 4.78 is 5.47. The average molecular weight is 282 g/mol. The number of nitrogens with zero attached hydrogens (tertiary/aromatic N) is 1. The minimum absolute atomic E-state index is 0.0212. The summed E-state index contributed by atoms with van der Waals surface area (Å²) in [5, 5.41) is 3.02. The molecule has 1 aromatic rings. The van der Waals surface area contributed by atoms with Crippen molar-refractivity contribution >= 4 is 29.3 Å². The number of benzene rings is 1. The number of aryl methyl sites for hydroxylation is 1. The molecule has 0 radical (unpaired) electrons. The minimum Gasteiger partial charge on any atom is -0.485 e. The van der Waals surface area contributed by atoms with Crippen LogP contribution in [0.1, 0.15) is 5.56 Å². The van der Waals surface area contributed by atoms with Crippen LogP contribution in [0.2, 0.25) is 5.02 Å². The van der Waals surface area contributed by atoms with Gasteiger partial charge >= 0.3 is 0 Å². The van der Waals surface area contributed by atoms with Crippen molar-refractivity contribution in [1.82, 2.24) is 5.32 Å². The van der Waals surface area contributed by atoms with Gasteiger partial charge in [-0.3, -0.25) is 9.59 Å². The molecule has 1 heterocycles. The lowest BCUT2D eigenvalue weighted by Crippen LogP contribution is -2.53. The van der Waals surface area contributed by atoms with Crippen LogP contribution in [0.4, 0.5) is 0 Å². The highest BCUT2D eigenvalue weighted by Crippen LogP contribution is 2.21. The molecule has 0 aromatic heterocycles. The SMILES string of the molecule is Cc1cc(Cl)ccc1OCC1=NC(=O)C(N)C(=O)N1. The van der Waals surface area contributed by atoms with Crippen LogP contribution in [-0.2, 0) is 9.59 Å². The van der Waals surface area contributed by atoms with E-state index in [9.17, 15) is 9.59 Å². The van der Waals surface area contributed by atoms with Crippen LogP contribution in [0.5, 0.6) is 5.75 Å². The van der Waals surface area contributed by atoms with Crippen LogP contribution < -0.4 is 15.8 Å². The molecule has 7 heteroatoms. The Labute approximate surface area is 114 Å². The van der Waals surface area contributed by atoms with Crippen molar-refractivity contribution < 1.29 is 14.3 Å². The summed E-state index contributed by atoms with van der Waals surface area (Å²) in [5.74, 6) is -0.503. The number of ether oxygens (including phenoxy) is 1. The smallest absolute Gasteiger partial charge is 0.274 e. The van der Waals surface area contributed by atoms with E-state index >= 15 is 0 Å². The van der Waals surface area contributed by atoms with E-state index in [-0.39, 0.29) is 12.4 Å². The number of aliphatic imine (C=N–C) groups is 1. The fraction of sp³-hybridized carbons (Fsp3) is 0.250. The number of amides is 2. The van der Waals surface area contributed by atoms with Crippen molar-refractivity contribution in [3.05, 3.63) is 28.8 Å². The number of carbonyl (C=O) groups is 2. The lowest BCUT2D eigenvalue weighted by atomic mass is 10.2. The highest BCUT2D eigenvalue weighted by molar-refractivity contribution is 6.30. The molecular weight excluding hydrogens is 270 g/mol. The molecule has 0 fully saturated rings. The summed E-state index contributed by atoms with van der Waals surface area (Å²) in [5.41, 5.74) is 6.15. The monoisotopic (exact) mass is 281 g/mol. The van der Waals surface area contributed by atoms with Gasteiger partial charge in [0.1, 0.15) is 12.4 Å². The number of nitrogens with two attached hydrogens (primary N) is 1. The summed E-state index contributed by atoms with van der Waals surface area (Å²) >= 11 is 5.83. The molecule has 0 saturated carbocycles. The van der Waals surface area contributed by atoms with Gasteiger partial charge in [0.2, 0.25) is 0 Å². The summed E-state index contributed by atoms with van der Waals surface area (Å²) in [6.45, 7) is 1.82. The largest absolute Gasteiger partial charge is 0.485 e. The Hall–Kier alpha value is -1.92. The Morgan fingerprint density at radius 2 is 2.21 bits per heavy atom. The Morgan fingerprint density at radius 3 is 2.84 bits per heavy atom. The van der Waals surface area contributed by atoms with Crippen molar-refractivity contribution in [3.8, 4) is 5.75 Å². The van der Waals surface area contributed by atoms with E-state index in [0.29, 0.717) is 10.8 Å². The second-order valence-corrected chi connectivity index (χ2v) is 4.50. The molecule has 0 aliphatic carbocycles. The van der Waals surface area contributed by atoms with Gasteiger partial charge in [-0.05, 0) is 30.7 Å². The third-order valence-electron chi connectivity index (χ3n) is 2.56.